The summed E-state index contributed by atoms with van der Waals surface area (Å²) in [4.78, 5) is 0. The van der Waals surface area contributed by atoms with Gasteiger partial charge in [-0.3, -0.25) is 0 Å². The van der Waals surface area contributed by atoms with Crippen molar-refractivity contribution in [3.8, 4) is 0 Å². The number of hydrogen-bond donors (Lipinski definition) is 0. The monoisotopic (exact) mass is 211 g/mol. The molecule has 0 spiro atoms. The molecule has 0 radical (unpaired) electrons. The molecule has 0 saturated carbocycles. The molecule has 2 atom stereocenters. The van der Waals surface area contributed by atoms with Crippen LogP contribution in [-0.2, 0) is 10.0 Å². The Morgan fingerprint density at radius 2 is 2.08 bits per heavy atom. The average molecular weight is 212 g/mol. The molecule has 0 aromatic heterocycles. The van der Waals surface area contributed by atoms with Crippen molar-refractivity contribution in [3.63, 3.8) is 0 Å². The molecule has 0 aromatic carbocycles. The van der Waals surface area contributed by atoms with Gasteiger partial charge in [0.15, 0.2) is 0 Å². The van der Waals surface area contributed by atoms with E-state index in [4.69, 9.17) is 11.6 Å². The molecule has 1 aliphatic heterocycles. The first-order valence-corrected chi connectivity index (χ1v) is 6.14. The normalized spacial score (nSPS) is 32.6. The van der Waals surface area contributed by atoms with Gasteiger partial charge in [0.1, 0.15) is 0 Å². The Morgan fingerprint density at radius 3 is 2.42 bits per heavy atom. The van der Waals surface area contributed by atoms with Crippen molar-refractivity contribution >= 4 is 21.6 Å². The fraction of sp³-hybridized carbons (Fsp3) is 1.00. The molecule has 0 amide bonds. The quantitative estimate of drug-likeness (QED) is 0.637. The second-order valence-electron chi connectivity index (χ2n) is 3.21. The van der Waals surface area contributed by atoms with E-state index in [1.54, 1.807) is 6.92 Å². The zero-order valence-corrected chi connectivity index (χ0v) is 8.90. The highest BCUT2D eigenvalue weighted by atomic mass is 35.5. The van der Waals surface area contributed by atoms with Gasteiger partial charge in [0.05, 0.1) is 11.1 Å². The van der Waals surface area contributed by atoms with Crippen LogP contribution in [-0.4, -0.2) is 36.9 Å². The molecule has 1 aliphatic rings. The van der Waals surface area contributed by atoms with Crippen molar-refractivity contribution in [2.45, 2.75) is 19.2 Å². The summed E-state index contributed by atoms with van der Waals surface area (Å²) in [5.41, 5.74) is 0. The predicted molar refractivity (Wildman–Crippen MR) is 49.8 cm³/mol. The first kappa shape index (κ1) is 10.3. The van der Waals surface area contributed by atoms with Crippen molar-refractivity contribution in [1.29, 1.82) is 0 Å². The van der Waals surface area contributed by atoms with E-state index < -0.39 is 10.0 Å². The van der Waals surface area contributed by atoms with Gasteiger partial charge in [0, 0.05) is 13.1 Å². The molecule has 2 unspecified atom stereocenters. The standard InChI is InChI=1S/C7H14ClNO2S/c1-3-12(10,11)9-4-6(2)7(8)5-9/h6-7H,3-5H2,1-2H3. The van der Waals surface area contributed by atoms with Gasteiger partial charge in [0.25, 0.3) is 0 Å². The second-order valence-corrected chi connectivity index (χ2v) is 6.03. The molecule has 12 heavy (non-hydrogen) atoms. The van der Waals surface area contributed by atoms with Crippen LogP contribution in [0.3, 0.4) is 0 Å². The zero-order chi connectivity index (χ0) is 9.35. The Labute approximate surface area is 78.7 Å². The Kier molecular flexibility index (Phi) is 3.01. The topological polar surface area (TPSA) is 37.4 Å². The van der Waals surface area contributed by atoms with Gasteiger partial charge in [-0.2, -0.15) is 0 Å². The maximum absolute atomic E-state index is 11.4. The third-order valence-corrected chi connectivity index (χ3v) is 4.63. The summed E-state index contributed by atoms with van der Waals surface area (Å²) in [6, 6.07) is 0. The van der Waals surface area contributed by atoms with E-state index in [9.17, 15) is 8.42 Å². The lowest BCUT2D eigenvalue weighted by Gasteiger charge is -2.13. The fourth-order valence-corrected chi connectivity index (χ4v) is 2.84. The Morgan fingerprint density at radius 1 is 1.50 bits per heavy atom. The van der Waals surface area contributed by atoms with E-state index in [-0.39, 0.29) is 17.0 Å². The fourth-order valence-electron chi connectivity index (χ4n) is 1.29. The largest absolute Gasteiger partial charge is 0.213 e. The number of hydrogen-bond acceptors (Lipinski definition) is 2. The van der Waals surface area contributed by atoms with E-state index in [1.807, 2.05) is 6.92 Å². The van der Waals surface area contributed by atoms with Gasteiger partial charge in [-0.1, -0.05) is 6.92 Å². The minimum atomic E-state index is -3.01. The van der Waals surface area contributed by atoms with Crippen molar-refractivity contribution < 1.29 is 8.42 Å². The van der Waals surface area contributed by atoms with Crippen LogP contribution in [0.1, 0.15) is 13.8 Å². The van der Waals surface area contributed by atoms with Crippen molar-refractivity contribution in [1.82, 2.24) is 4.31 Å². The highest BCUT2D eigenvalue weighted by Gasteiger charge is 2.34. The Hall–Kier alpha value is 0.200. The number of rotatable bonds is 2. The molecule has 3 nitrogen and oxygen atoms in total. The van der Waals surface area contributed by atoms with Crippen LogP contribution in [0.15, 0.2) is 0 Å². The van der Waals surface area contributed by atoms with Crippen molar-refractivity contribution in [2.75, 3.05) is 18.8 Å². The lowest BCUT2D eigenvalue weighted by molar-refractivity contribution is 0.465. The third kappa shape index (κ3) is 1.92. The molecule has 0 bridgehead atoms. The molecule has 1 rings (SSSR count). The van der Waals surface area contributed by atoms with Crippen LogP contribution in [0, 0.1) is 5.92 Å². The van der Waals surface area contributed by atoms with Crippen LogP contribution >= 0.6 is 11.6 Å². The van der Waals surface area contributed by atoms with E-state index in [0.717, 1.165) is 0 Å². The first-order chi connectivity index (χ1) is 5.47. The smallest absolute Gasteiger partial charge is 0.212 e. The molecule has 1 heterocycles. The average Bonchev–Trinajstić information content (AvgIpc) is 2.33. The molecule has 0 N–H and O–H groups in total. The van der Waals surface area contributed by atoms with E-state index in [0.29, 0.717) is 13.1 Å². The Balaban J connectivity index is 2.70. The van der Waals surface area contributed by atoms with Crippen LogP contribution in [0.4, 0.5) is 0 Å². The number of halogens is 1. The zero-order valence-electron chi connectivity index (χ0n) is 7.33. The van der Waals surface area contributed by atoms with E-state index in [2.05, 4.69) is 0 Å². The van der Waals surface area contributed by atoms with Crippen LogP contribution in [0.25, 0.3) is 0 Å². The maximum atomic E-state index is 11.4. The van der Waals surface area contributed by atoms with Gasteiger partial charge in [-0.25, -0.2) is 12.7 Å². The highest BCUT2D eigenvalue weighted by molar-refractivity contribution is 7.89. The lowest BCUT2D eigenvalue weighted by atomic mass is 10.2. The highest BCUT2D eigenvalue weighted by Crippen LogP contribution is 2.23. The summed E-state index contributed by atoms with van der Waals surface area (Å²) >= 11 is 5.91. The molecule has 1 fully saturated rings. The second kappa shape index (κ2) is 3.52. The predicted octanol–water partition coefficient (Wildman–Crippen LogP) is 0.895. The van der Waals surface area contributed by atoms with E-state index in [1.165, 1.54) is 4.31 Å². The van der Waals surface area contributed by atoms with Gasteiger partial charge in [-0.15, -0.1) is 11.6 Å². The third-order valence-electron chi connectivity index (χ3n) is 2.25. The molecule has 0 aromatic rings. The number of sulfonamides is 1. The summed E-state index contributed by atoms with van der Waals surface area (Å²) in [7, 11) is -3.01. The Bertz CT molecular complexity index is 242. The van der Waals surface area contributed by atoms with Gasteiger partial charge in [0.2, 0.25) is 10.0 Å². The molecular formula is C7H14ClNO2S. The minimum Gasteiger partial charge on any atom is -0.212 e. The van der Waals surface area contributed by atoms with Gasteiger partial charge < -0.3 is 0 Å². The maximum Gasteiger partial charge on any atom is 0.213 e. The first-order valence-electron chi connectivity index (χ1n) is 4.09. The minimum absolute atomic E-state index is 0.0219. The molecule has 1 saturated heterocycles. The molecular weight excluding hydrogens is 198 g/mol. The molecule has 72 valence electrons. The molecule has 0 aliphatic carbocycles. The van der Waals surface area contributed by atoms with Gasteiger partial charge >= 0.3 is 0 Å². The van der Waals surface area contributed by atoms with E-state index >= 15 is 0 Å². The summed E-state index contributed by atoms with van der Waals surface area (Å²) < 4.78 is 24.2. The van der Waals surface area contributed by atoms with Crippen molar-refractivity contribution in [3.05, 3.63) is 0 Å². The summed E-state index contributed by atoms with van der Waals surface area (Å²) in [6.45, 7) is 4.67. The van der Waals surface area contributed by atoms with Crippen LogP contribution < -0.4 is 0 Å². The van der Waals surface area contributed by atoms with Crippen LogP contribution in [0.5, 0.6) is 0 Å². The summed E-state index contributed by atoms with van der Waals surface area (Å²) in [5, 5.41) is -0.0219. The van der Waals surface area contributed by atoms with Gasteiger partial charge in [-0.05, 0) is 12.8 Å². The van der Waals surface area contributed by atoms with Crippen LogP contribution in [0.2, 0.25) is 0 Å². The SMILES string of the molecule is CCS(=O)(=O)N1CC(C)C(Cl)C1. The summed E-state index contributed by atoms with van der Waals surface area (Å²) in [6.07, 6.45) is 0. The van der Waals surface area contributed by atoms with Crippen molar-refractivity contribution in [2.24, 2.45) is 5.92 Å². The molecule has 5 heteroatoms. The number of alkyl halides is 1. The number of nitrogens with zero attached hydrogens (tertiary/aromatic N) is 1. The lowest BCUT2D eigenvalue weighted by Crippen LogP contribution is -2.30. The summed E-state index contributed by atoms with van der Waals surface area (Å²) in [5.74, 6) is 0.441.